The van der Waals surface area contributed by atoms with Gasteiger partial charge in [0.15, 0.2) is 0 Å². The van der Waals surface area contributed by atoms with Gasteiger partial charge in [-0.2, -0.15) is 0 Å². The van der Waals surface area contributed by atoms with Crippen molar-refractivity contribution in [2.75, 3.05) is 0 Å². The van der Waals surface area contributed by atoms with Crippen LogP contribution in [0.3, 0.4) is 0 Å². The molecule has 2 saturated carbocycles. The van der Waals surface area contributed by atoms with Crippen molar-refractivity contribution in [3.8, 4) is 0 Å². The molecule has 2 rings (SSSR count). The summed E-state index contributed by atoms with van der Waals surface area (Å²) in [4.78, 5) is 21.9. The quantitative estimate of drug-likeness (QED) is 0.644. The van der Waals surface area contributed by atoms with Crippen LogP contribution in [0.2, 0.25) is 0 Å². The molecule has 0 aromatic carbocycles. The summed E-state index contributed by atoms with van der Waals surface area (Å²) in [5.74, 6) is -1.02. The van der Waals surface area contributed by atoms with Crippen LogP contribution in [0.1, 0.15) is 32.1 Å². The summed E-state index contributed by atoms with van der Waals surface area (Å²) < 4.78 is 0. The van der Waals surface area contributed by atoms with Crippen molar-refractivity contribution >= 4 is 12.0 Å². The van der Waals surface area contributed by atoms with Crippen LogP contribution < -0.4 is 10.6 Å². The highest BCUT2D eigenvalue weighted by Crippen LogP contribution is 2.27. The zero-order valence-corrected chi connectivity index (χ0v) is 8.53. The lowest BCUT2D eigenvalue weighted by molar-refractivity contribution is -0.145. The maximum absolute atomic E-state index is 11.4. The van der Waals surface area contributed by atoms with E-state index in [1.807, 2.05) is 0 Å². The number of aliphatic carboxylic acids is 1. The molecule has 84 valence electrons. The second-order valence-electron chi connectivity index (χ2n) is 4.45. The summed E-state index contributed by atoms with van der Waals surface area (Å²) in [6.45, 7) is 0. The summed E-state index contributed by atoms with van der Waals surface area (Å²) in [6, 6.07) is 0.236. The Labute approximate surface area is 88.2 Å². The molecule has 0 aliphatic heterocycles. The number of rotatable bonds is 3. The Hall–Kier alpha value is -1.26. The van der Waals surface area contributed by atoms with Crippen LogP contribution in [0.15, 0.2) is 0 Å². The Morgan fingerprint density at radius 1 is 1.07 bits per heavy atom. The van der Waals surface area contributed by atoms with Gasteiger partial charge in [0.1, 0.15) is 0 Å². The summed E-state index contributed by atoms with van der Waals surface area (Å²) in [7, 11) is 0. The first-order chi connectivity index (χ1) is 7.15. The minimum absolute atomic E-state index is 0.0474. The summed E-state index contributed by atoms with van der Waals surface area (Å²) in [5.41, 5.74) is 0. The van der Waals surface area contributed by atoms with E-state index >= 15 is 0 Å². The Kier molecular flexibility index (Phi) is 2.79. The summed E-state index contributed by atoms with van der Waals surface area (Å²) in [5, 5.41) is 14.3. The predicted octanol–water partition coefficient (Wildman–Crippen LogP) is 0.701. The van der Waals surface area contributed by atoms with Gasteiger partial charge in [-0.3, -0.25) is 4.79 Å². The molecule has 0 aromatic rings. The molecular formula is C10H16N2O3. The van der Waals surface area contributed by atoms with Gasteiger partial charge in [0.2, 0.25) is 0 Å². The van der Waals surface area contributed by atoms with Gasteiger partial charge in [-0.15, -0.1) is 0 Å². The molecular weight excluding hydrogens is 196 g/mol. The number of urea groups is 1. The Morgan fingerprint density at radius 3 is 2.13 bits per heavy atom. The van der Waals surface area contributed by atoms with Gasteiger partial charge in [0.05, 0.1) is 5.92 Å². The maximum atomic E-state index is 11.4. The number of amides is 2. The van der Waals surface area contributed by atoms with Crippen molar-refractivity contribution in [1.82, 2.24) is 10.6 Å². The van der Waals surface area contributed by atoms with Gasteiger partial charge >= 0.3 is 12.0 Å². The van der Waals surface area contributed by atoms with E-state index in [1.165, 1.54) is 6.42 Å². The molecule has 0 radical (unpaired) electrons. The minimum Gasteiger partial charge on any atom is -0.481 e. The molecule has 0 bridgehead atoms. The minimum atomic E-state index is -0.757. The second kappa shape index (κ2) is 4.08. The highest BCUT2D eigenvalue weighted by Gasteiger charge is 2.35. The third-order valence-corrected chi connectivity index (χ3v) is 3.26. The Balaban J connectivity index is 1.61. The van der Waals surface area contributed by atoms with Gasteiger partial charge < -0.3 is 15.7 Å². The third kappa shape index (κ3) is 2.40. The number of hydrogen-bond acceptors (Lipinski definition) is 2. The van der Waals surface area contributed by atoms with Crippen LogP contribution in [-0.4, -0.2) is 29.2 Å². The van der Waals surface area contributed by atoms with E-state index in [4.69, 9.17) is 5.11 Å². The number of carbonyl (C=O) groups excluding carboxylic acids is 1. The van der Waals surface area contributed by atoms with Gasteiger partial charge in [-0.05, 0) is 32.1 Å². The fourth-order valence-corrected chi connectivity index (χ4v) is 1.90. The van der Waals surface area contributed by atoms with E-state index in [1.54, 1.807) is 0 Å². The topological polar surface area (TPSA) is 78.4 Å². The van der Waals surface area contributed by atoms with Crippen LogP contribution >= 0.6 is 0 Å². The number of carboxylic acid groups (broad SMARTS) is 1. The normalized spacial score (nSPS) is 29.9. The smallest absolute Gasteiger partial charge is 0.315 e. The lowest BCUT2D eigenvalue weighted by Crippen LogP contribution is -2.53. The molecule has 2 aliphatic rings. The second-order valence-corrected chi connectivity index (χ2v) is 4.45. The molecule has 2 aliphatic carbocycles. The van der Waals surface area contributed by atoms with E-state index in [0.717, 1.165) is 12.8 Å². The molecule has 0 atom stereocenters. The molecule has 2 amide bonds. The summed E-state index contributed by atoms with van der Waals surface area (Å²) >= 11 is 0. The van der Waals surface area contributed by atoms with E-state index in [-0.39, 0.29) is 18.0 Å². The largest absolute Gasteiger partial charge is 0.481 e. The molecule has 5 nitrogen and oxygen atoms in total. The van der Waals surface area contributed by atoms with E-state index in [2.05, 4.69) is 10.6 Å². The molecule has 0 spiro atoms. The van der Waals surface area contributed by atoms with Crippen LogP contribution in [0.25, 0.3) is 0 Å². The fourth-order valence-electron chi connectivity index (χ4n) is 1.90. The van der Waals surface area contributed by atoms with Crippen LogP contribution in [-0.2, 0) is 4.79 Å². The lowest BCUT2D eigenvalue weighted by Gasteiger charge is -2.34. The van der Waals surface area contributed by atoms with Crippen molar-refractivity contribution in [3.05, 3.63) is 0 Å². The van der Waals surface area contributed by atoms with Crippen LogP contribution in [0.5, 0.6) is 0 Å². The molecule has 5 heteroatoms. The molecule has 15 heavy (non-hydrogen) atoms. The number of hydrogen-bond donors (Lipinski definition) is 3. The first kappa shape index (κ1) is 10.3. The zero-order chi connectivity index (χ0) is 10.8. The average molecular weight is 212 g/mol. The van der Waals surface area contributed by atoms with Gasteiger partial charge in [0.25, 0.3) is 0 Å². The predicted molar refractivity (Wildman–Crippen MR) is 53.5 cm³/mol. The van der Waals surface area contributed by atoms with Crippen molar-refractivity contribution < 1.29 is 14.7 Å². The highest BCUT2D eigenvalue weighted by atomic mass is 16.4. The zero-order valence-electron chi connectivity index (χ0n) is 8.53. The lowest BCUT2D eigenvalue weighted by atomic mass is 9.80. The number of carboxylic acids is 1. The van der Waals surface area contributed by atoms with Gasteiger partial charge in [-0.25, -0.2) is 4.79 Å². The average Bonchev–Trinajstić information content (AvgIpc) is 2.02. The van der Waals surface area contributed by atoms with Gasteiger partial charge in [-0.1, -0.05) is 0 Å². The molecule has 2 fully saturated rings. The Bertz CT molecular complexity index is 270. The first-order valence-corrected chi connectivity index (χ1v) is 5.45. The Morgan fingerprint density at radius 2 is 1.67 bits per heavy atom. The standard InChI is InChI=1S/C10H16N2O3/c13-9(14)6-4-8(5-6)12-10(15)11-7-2-1-3-7/h6-8H,1-5H2,(H,13,14)(H2,11,12,15). The highest BCUT2D eigenvalue weighted by molar-refractivity contribution is 5.76. The van der Waals surface area contributed by atoms with Crippen molar-refractivity contribution in [1.29, 1.82) is 0 Å². The van der Waals surface area contributed by atoms with Crippen LogP contribution in [0.4, 0.5) is 4.79 Å². The van der Waals surface area contributed by atoms with Crippen molar-refractivity contribution in [2.45, 2.75) is 44.2 Å². The van der Waals surface area contributed by atoms with E-state index in [0.29, 0.717) is 18.9 Å². The third-order valence-electron chi connectivity index (χ3n) is 3.26. The maximum Gasteiger partial charge on any atom is 0.315 e. The van der Waals surface area contributed by atoms with Gasteiger partial charge in [0, 0.05) is 12.1 Å². The molecule has 3 N–H and O–H groups in total. The van der Waals surface area contributed by atoms with Crippen molar-refractivity contribution in [2.24, 2.45) is 5.92 Å². The number of nitrogens with one attached hydrogen (secondary N) is 2. The molecule has 0 heterocycles. The number of carbonyl (C=O) groups is 2. The van der Waals surface area contributed by atoms with E-state index in [9.17, 15) is 9.59 Å². The first-order valence-electron chi connectivity index (χ1n) is 5.45. The molecule has 0 saturated heterocycles. The van der Waals surface area contributed by atoms with Crippen LogP contribution in [0, 0.1) is 5.92 Å². The SMILES string of the molecule is O=C(NC1CCC1)NC1CC(C(=O)O)C1. The molecule has 0 aromatic heterocycles. The molecule has 0 unspecified atom stereocenters. The summed E-state index contributed by atoms with van der Waals surface area (Å²) in [6.07, 6.45) is 4.45. The van der Waals surface area contributed by atoms with E-state index < -0.39 is 5.97 Å². The monoisotopic (exact) mass is 212 g/mol. The fraction of sp³-hybridized carbons (Fsp3) is 0.800. The van der Waals surface area contributed by atoms with Crippen molar-refractivity contribution in [3.63, 3.8) is 0 Å².